The van der Waals surface area contributed by atoms with E-state index in [0.717, 1.165) is 0 Å². The Labute approximate surface area is 57.7 Å². The van der Waals surface area contributed by atoms with E-state index < -0.39 is 12.2 Å². The summed E-state index contributed by atoms with van der Waals surface area (Å²) in [6, 6.07) is 0. The molecule has 1 rings (SSSR count). The predicted octanol–water partition coefficient (Wildman–Crippen LogP) is -1.18. The third-order valence-corrected chi connectivity index (χ3v) is 1.30. The van der Waals surface area contributed by atoms with E-state index in [1.54, 1.807) is 0 Å². The molecule has 0 aromatic carbocycles. The third kappa shape index (κ3) is 1.17. The molecule has 10 heavy (non-hydrogen) atoms. The van der Waals surface area contributed by atoms with E-state index in [1.807, 2.05) is 0 Å². The number of rotatable bonds is 2. The molecule has 0 spiro atoms. The van der Waals surface area contributed by atoms with E-state index in [1.165, 1.54) is 6.08 Å². The Hall–Kier alpha value is -0.870. The lowest BCUT2D eigenvalue weighted by molar-refractivity contribution is -0.108. The van der Waals surface area contributed by atoms with Gasteiger partial charge in [-0.25, -0.2) is 0 Å². The van der Waals surface area contributed by atoms with Crippen LogP contribution < -0.4 is 0 Å². The highest BCUT2D eigenvalue weighted by Crippen LogP contribution is 2.14. The van der Waals surface area contributed by atoms with Crippen LogP contribution in [0, 0.1) is 0 Å². The fraction of sp³-hybridized carbons (Fsp3) is 0.500. The van der Waals surface area contributed by atoms with Gasteiger partial charge in [-0.15, -0.1) is 0 Å². The maximum absolute atomic E-state index is 10.0. The molecule has 56 valence electrons. The number of aliphatic hydroxyl groups excluding tert-OH is 2. The molecule has 1 heterocycles. The van der Waals surface area contributed by atoms with Crippen molar-refractivity contribution in [1.82, 2.24) is 0 Å². The van der Waals surface area contributed by atoms with Gasteiger partial charge in [-0.2, -0.15) is 0 Å². The number of aldehydes is 1. The van der Waals surface area contributed by atoms with Gasteiger partial charge in [0, 0.05) is 0 Å². The first-order valence-corrected chi connectivity index (χ1v) is 2.90. The zero-order valence-corrected chi connectivity index (χ0v) is 5.23. The van der Waals surface area contributed by atoms with Crippen LogP contribution in [0.15, 0.2) is 11.8 Å². The molecule has 0 saturated carbocycles. The first-order valence-electron chi connectivity index (χ1n) is 2.90. The lowest BCUT2D eigenvalue weighted by atomic mass is 10.2. The smallest absolute Gasteiger partial charge is 0.184 e. The molecule has 2 atom stereocenters. The number of carbonyl (C=O) groups is 1. The van der Waals surface area contributed by atoms with E-state index >= 15 is 0 Å². The number of hydrogen-bond donors (Lipinski definition) is 2. The fourth-order valence-electron chi connectivity index (χ4n) is 0.772. The van der Waals surface area contributed by atoms with Crippen molar-refractivity contribution in [3.63, 3.8) is 0 Å². The van der Waals surface area contributed by atoms with Crippen molar-refractivity contribution in [2.75, 3.05) is 6.61 Å². The standard InChI is InChI=1S/C6H8O4/c7-2-4-1-5(9)6(3-8)10-4/h1-2,5-6,8-9H,3H2. The summed E-state index contributed by atoms with van der Waals surface area (Å²) in [5.41, 5.74) is 0. The maximum Gasteiger partial charge on any atom is 0.184 e. The molecule has 0 saturated heterocycles. The summed E-state index contributed by atoms with van der Waals surface area (Å²) in [4.78, 5) is 10.0. The highest BCUT2D eigenvalue weighted by molar-refractivity contribution is 5.71. The first kappa shape index (κ1) is 7.24. The minimum Gasteiger partial charge on any atom is -0.482 e. The molecule has 0 amide bonds. The van der Waals surface area contributed by atoms with Gasteiger partial charge in [0.2, 0.25) is 0 Å². The van der Waals surface area contributed by atoms with Crippen LogP contribution in [-0.4, -0.2) is 35.3 Å². The summed E-state index contributed by atoms with van der Waals surface area (Å²) in [7, 11) is 0. The monoisotopic (exact) mass is 144 g/mol. The van der Waals surface area contributed by atoms with E-state index in [9.17, 15) is 4.79 Å². The molecule has 0 aliphatic carbocycles. The van der Waals surface area contributed by atoms with Crippen molar-refractivity contribution in [2.45, 2.75) is 12.2 Å². The summed E-state index contributed by atoms with van der Waals surface area (Å²) in [6.45, 7) is -0.283. The number of ether oxygens (including phenoxy) is 1. The summed E-state index contributed by atoms with van der Waals surface area (Å²) >= 11 is 0. The molecule has 0 bridgehead atoms. The van der Waals surface area contributed by atoms with Crippen LogP contribution in [0.25, 0.3) is 0 Å². The van der Waals surface area contributed by atoms with Crippen LogP contribution in [0.2, 0.25) is 0 Å². The van der Waals surface area contributed by atoms with Gasteiger partial charge in [0.25, 0.3) is 0 Å². The Morgan fingerprint density at radius 1 is 1.80 bits per heavy atom. The molecule has 4 heteroatoms. The minimum absolute atomic E-state index is 0.0894. The number of hydrogen-bond acceptors (Lipinski definition) is 4. The van der Waals surface area contributed by atoms with Crippen molar-refractivity contribution in [1.29, 1.82) is 0 Å². The first-order chi connectivity index (χ1) is 4.77. The normalized spacial score (nSPS) is 31.2. The van der Waals surface area contributed by atoms with Crippen LogP contribution in [0.3, 0.4) is 0 Å². The van der Waals surface area contributed by atoms with E-state index in [-0.39, 0.29) is 12.4 Å². The fourth-order valence-corrected chi connectivity index (χ4v) is 0.772. The van der Waals surface area contributed by atoms with Gasteiger partial charge in [-0.05, 0) is 6.08 Å². The molecule has 0 aromatic heterocycles. The highest BCUT2D eigenvalue weighted by atomic mass is 16.5. The van der Waals surface area contributed by atoms with Crippen LogP contribution in [0.1, 0.15) is 0 Å². The second kappa shape index (κ2) is 2.81. The lowest BCUT2D eigenvalue weighted by Gasteiger charge is -2.10. The Morgan fingerprint density at radius 3 is 2.80 bits per heavy atom. The Bertz CT molecular complexity index is 163. The van der Waals surface area contributed by atoms with Crippen molar-refractivity contribution < 1.29 is 19.7 Å². The average Bonchev–Trinajstić information content (AvgIpc) is 2.30. The van der Waals surface area contributed by atoms with Gasteiger partial charge in [0.05, 0.1) is 6.61 Å². The van der Waals surface area contributed by atoms with E-state index in [4.69, 9.17) is 14.9 Å². The molecular formula is C6H8O4. The molecule has 2 unspecified atom stereocenters. The Kier molecular flexibility index (Phi) is 2.03. The predicted molar refractivity (Wildman–Crippen MR) is 32.1 cm³/mol. The summed E-state index contributed by atoms with van der Waals surface area (Å²) in [5, 5.41) is 17.5. The summed E-state index contributed by atoms with van der Waals surface area (Å²) in [5.74, 6) is 0.0894. The molecule has 4 nitrogen and oxygen atoms in total. The minimum atomic E-state index is -0.856. The van der Waals surface area contributed by atoms with Crippen molar-refractivity contribution in [3.8, 4) is 0 Å². The lowest BCUT2D eigenvalue weighted by Crippen LogP contribution is -2.25. The number of allylic oxidation sites excluding steroid dienone is 1. The van der Waals surface area contributed by atoms with Crippen molar-refractivity contribution >= 4 is 6.29 Å². The largest absolute Gasteiger partial charge is 0.482 e. The Morgan fingerprint density at radius 2 is 2.50 bits per heavy atom. The highest BCUT2D eigenvalue weighted by Gasteiger charge is 2.25. The molecular weight excluding hydrogens is 136 g/mol. The number of carbonyl (C=O) groups excluding carboxylic acids is 1. The summed E-state index contributed by atoms with van der Waals surface area (Å²) in [6.07, 6.45) is 0.248. The molecule has 2 N–H and O–H groups in total. The van der Waals surface area contributed by atoms with Crippen LogP contribution >= 0.6 is 0 Å². The maximum atomic E-state index is 10.0. The van der Waals surface area contributed by atoms with Crippen molar-refractivity contribution in [3.05, 3.63) is 11.8 Å². The van der Waals surface area contributed by atoms with Gasteiger partial charge in [0.15, 0.2) is 18.1 Å². The second-order valence-corrected chi connectivity index (χ2v) is 2.02. The van der Waals surface area contributed by atoms with Gasteiger partial charge in [-0.1, -0.05) is 0 Å². The average molecular weight is 144 g/mol. The quantitative estimate of drug-likeness (QED) is 0.479. The molecule has 0 fully saturated rings. The van der Waals surface area contributed by atoms with Gasteiger partial charge in [0.1, 0.15) is 6.10 Å². The van der Waals surface area contributed by atoms with Gasteiger partial charge < -0.3 is 14.9 Å². The zero-order valence-electron chi connectivity index (χ0n) is 5.23. The SMILES string of the molecule is O=CC1=CC(O)C(CO)O1. The molecule has 1 aliphatic rings. The van der Waals surface area contributed by atoms with E-state index in [0.29, 0.717) is 6.29 Å². The zero-order chi connectivity index (χ0) is 7.56. The van der Waals surface area contributed by atoms with Crippen molar-refractivity contribution in [2.24, 2.45) is 0 Å². The summed E-state index contributed by atoms with van der Waals surface area (Å²) < 4.78 is 4.77. The van der Waals surface area contributed by atoms with Crippen LogP contribution in [0.4, 0.5) is 0 Å². The van der Waals surface area contributed by atoms with Crippen LogP contribution in [0.5, 0.6) is 0 Å². The molecule has 1 aliphatic heterocycles. The topological polar surface area (TPSA) is 66.8 Å². The molecule has 0 aromatic rings. The van der Waals surface area contributed by atoms with Crippen LogP contribution in [-0.2, 0) is 9.53 Å². The Balaban J connectivity index is 2.56. The van der Waals surface area contributed by atoms with E-state index in [2.05, 4.69) is 0 Å². The molecule has 0 radical (unpaired) electrons. The second-order valence-electron chi connectivity index (χ2n) is 2.02. The van der Waals surface area contributed by atoms with Gasteiger partial charge >= 0.3 is 0 Å². The van der Waals surface area contributed by atoms with Gasteiger partial charge in [-0.3, -0.25) is 4.79 Å². The third-order valence-electron chi connectivity index (χ3n) is 1.30. The number of aliphatic hydroxyl groups is 2.